The quantitative estimate of drug-likeness (QED) is 0.328. The second-order valence-corrected chi connectivity index (χ2v) is 7.84. The highest BCUT2D eigenvalue weighted by molar-refractivity contribution is 7.83. The molecule has 0 aromatic heterocycles. The molecule has 4 nitrogen and oxygen atoms in total. The number of nitrogens with zero attached hydrogens (tertiary/aromatic N) is 1. The summed E-state index contributed by atoms with van der Waals surface area (Å²) < 4.78 is 4.52. The maximum Gasteiger partial charge on any atom is 0.139 e. The average Bonchev–Trinajstić information content (AvgIpc) is 2.43. The van der Waals surface area contributed by atoms with E-state index in [4.69, 9.17) is 4.74 Å². The third-order valence-corrected chi connectivity index (χ3v) is 5.37. The van der Waals surface area contributed by atoms with Crippen LogP contribution in [-0.4, -0.2) is 47.9 Å². The minimum Gasteiger partial charge on any atom is -0.515 e. The Bertz CT molecular complexity index is 359. The SMILES string of the molecule is CCCCCCC(S)(C#N)[Si]=C(O)C(C)(CO)OCC. The van der Waals surface area contributed by atoms with E-state index < -0.39 is 9.97 Å². The molecule has 2 atom stereocenters. The van der Waals surface area contributed by atoms with Gasteiger partial charge in [-0.3, -0.25) is 0 Å². The molecule has 20 heavy (non-hydrogen) atoms. The zero-order valence-corrected chi connectivity index (χ0v) is 14.5. The highest BCUT2D eigenvalue weighted by Gasteiger charge is 2.33. The first kappa shape index (κ1) is 19.6. The Morgan fingerprint density at radius 2 is 2.00 bits per heavy atom. The van der Waals surface area contributed by atoms with Gasteiger partial charge in [-0.1, -0.05) is 32.6 Å². The summed E-state index contributed by atoms with van der Waals surface area (Å²) in [6.07, 6.45) is 4.88. The Morgan fingerprint density at radius 3 is 2.45 bits per heavy atom. The Labute approximate surface area is 130 Å². The molecule has 0 aromatic carbocycles. The molecule has 0 aliphatic heterocycles. The van der Waals surface area contributed by atoms with E-state index in [-0.39, 0.29) is 21.1 Å². The molecule has 0 amide bonds. The second-order valence-electron chi connectivity index (χ2n) is 5.08. The Morgan fingerprint density at radius 1 is 1.35 bits per heavy atom. The predicted octanol–water partition coefficient (Wildman–Crippen LogP) is 2.10. The van der Waals surface area contributed by atoms with Gasteiger partial charge < -0.3 is 14.9 Å². The first-order valence-electron chi connectivity index (χ1n) is 7.10. The van der Waals surface area contributed by atoms with Crippen LogP contribution in [0.15, 0.2) is 0 Å². The molecule has 0 bridgehead atoms. The molecule has 0 fully saturated rings. The summed E-state index contributed by atoms with van der Waals surface area (Å²) in [7, 11) is -0.180. The summed E-state index contributed by atoms with van der Waals surface area (Å²) in [5.41, 5.74) is -1.11. The van der Waals surface area contributed by atoms with Gasteiger partial charge in [0.2, 0.25) is 0 Å². The summed E-state index contributed by atoms with van der Waals surface area (Å²) in [6, 6.07) is 2.18. The van der Waals surface area contributed by atoms with Crippen molar-refractivity contribution in [3.05, 3.63) is 0 Å². The standard InChI is InChI=1S/C14H26NO3SSi/c1-4-6-7-8-9-14(19,10-15)20-12(17)13(3,11-16)18-5-2/h16-17,19H,4-9,11H2,1-3H3. The number of aliphatic hydroxyl groups excluding tert-OH is 2. The molecular formula is C14H26NO3SSi. The lowest BCUT2D eigenvalue weighted by Gasteiger charge is -2.28. The van der Waals surface area contributed by atoms with Gasteiger partial charge in [0, 0.05) is 6.61 Å². The number of hydrogen-bond donors (Lipinski definition) is 3. The second kappa shape index (κ2) is 9.56. The van der Waals surface area contributed by atoms with Gasteiger partial charge in [-0.15, -0.1) is 0 Å². The number of hydrogen-bond acceptors (Lipinski definition) is 5. The first-order valence-corrected chi connectivity index (χ1v) is 8.55. The Kier molecular flexibility index (Phi) is 9.39. The number of aliphatic hydroxyl groups is 2. The lowest BCUT2D eigenvalue weighted by molar-refractivity contribution is -0.0199. The van der Waals surface area contributed by atoms with E-state index in [0.29, 0.717) is 13.0 Å². The van der Waals surface area contributed by atoms with E-state index in [9.17, 15) is 15.5 Å². The third kappa shape index (κ3) is 6.40. The molecule has 0 saturated carbocycles. The van der Waals surface area contributed by atoms with E-state index in [2.05, 4.69) is 25.6 Å². The maximum absolute atomic E-state index is 10.2. The molecule has 0 aromatic rings. The van der Waals surface area contributed by atoms with Crippen molar-refractivity contribution >= 4 is 27.1 Å². The topological polar surface area (TPSA) is 73.5 Å². The molecule has 6 heteroatoms. The summed E-state index contributed by atoms with van der Waals surface area (Å²) in [6.45, 7) is 5.63. The fraction of sp³-hybridized carbons (Fsp3) is 0.857. The number of ether oxygens (including phenoxy) is 1. The molecule has 2 unspecified atom stereocenters. The zero-order valence-electron chi connectivity index (χ0n) is 12.6. The van der Waals surface area contributed by atoms with E-state index in [0.717, 1.165) is 25.7 Å². The summed E-state index contributed by atoms with van der Waals surface area (Å²) in [5, 5.41) is 28.9. The minimum absolute atomic E-state index is 0.00823. The van der Waals surface area contributed by atoms with Crippen LogP contribution in [-0.2, 0) is 4.74 Å². The van der Waals surface area contributed by atoms with Gasteiger partial charge in [-0.25, -0.2) is 0 Å². The average molecular weight is 317 g/mol. The minimum atomic E-state index is -1.11. The fourth-order valence-corrected chi connectivity index (χ4v) is 3.43. The van der Waals surface area contributed by atoms with Crippen LogP contribution in [0.25, 0.3) is 0 Å². The third-order valence-electron chi connectivity index (χ3n) is 3.17. The Balaban J connectivity index is 4.88. The largest absolute Gasteiger partial charge is 0.515 e. The van der Waals surface area contributed by atoms with Crippen LogP contribution in [0.1, 0.15) is 52.9 Å². The van der Waals surface area contributed by atoms with Crippen molar-refractivity contribution in [2.45, 2.75) is 62.8 Å². The molecule has 0 heterocycles. The van der Waals surface area contributed by atoms with Gasteiger partial charge in [0.1, 0.15) is 24.5 Å². The predicted molar refractivity (Wildman–Crippen MR) is 85.9 cm³/mol. The van der Waals surface area contributed by atoms with Crippen LogP contribution in [0, 0.1) is 11.3 Å². The monoisotopic (exact) mass is 316 g/mol. The van der Waals surface area contributed by atoms with E-state index >= 15 is 0 Å². The number of rotatable bonds is 10. The van der Waals surface area contributed by atoms with Crippen molar-refractivity contribution < 1.29 is 14.9 Å². The van der Waals surface area contributed by atoms with Crippen molar-refractivity contribution in [3.8, 4) is 6.07 Å². The van der Waals surface area contributed by atoms with Crippen molar-refractivity contribution in [2.75, 3.05) is 13.2 Å². The summed E-state index contributed by atoms with van der Waals surface area (Å²) >= 11 is 4.43. The van der Waals surface area contributed by atoms with Crippen molar-refractivity contribution in [3.63, 3.8) is 0 Å². The van der Waals surface area contributed by atoms with E-state index in [1.165, 1.54) is 0 Å². The van der Waals surface area contributed by atoms with Crippen LogP contribution < -0.4 is 0 Å². The van der Waals surface area contributed by atoms with Gasteiger partial charge in [-0.05, 0) is 20.3 Å². The lowest BCUT2D eigenvalue weighted by atomic mass is 10.1. The number of unbranched alkanes of at least 4 members (excludes halogenated alkanes) is 3. The number of nitriles is 1. The normalized spacial score (nSPS) is 18.1. The van der Waals surface area contributed by atoms with E-state index in [1.54, 1.807) is 13.8 Å². The first-order chi connectivity index (χ1) is 9.37. The van der Waals surface area contributed by atoms with Crippen LogP contribution in [0.3, 0.4) is 0 Å². The highest BCUT2D eigenvalue weighted by atomic mass is 32.1. The molecule has 2 N–H and O–H groups in total. The molecule has 115 valence electrons. The van der Waals surface area contributed by atoms with Gasteiger partial charge in [0.15, 0.2) is 0 Å². The zero-order chi connectivity index (χ0) is 15.6. The van der Waals surface area contributed by atoms with Gasteiger partial charge in [-0.2, -0.15) is 17.9 Å². The van der Waals surface area contributed by atoms with Gasteiger partial charge in [0.25, 0.3) is 0 Å². The molecule has 0 aliphatic carbocycles. The van der Waals surface area contributed by atoms with Crippen molar-refractivity contribution in [2.24, 2.45) is 0 Å². The summed E-state index contributed by atoms with van der Waals surface area (Å²) in [5.74, 6) is 0. The molecule has 0 rings (SSSR count). The summed E-state index contributed by atoms with van der Waals surface area (Å²) in [4.78, 5) is 0. The number of thiol groups is 1. The smallest absolute Gasteiger partial charge is 0.139 e. The molecule has 0 spiro atoms. The molecule has 1 radical (unpaired) electrons. The van der Waals surface area contributed by atoms with Crippen molar-refractivity contribution in [1.29, 1.82) is 5.26 Å². The maximum atomic E-state index is 10.2. The highest BCUT2D eigenvalue weighted by Crippen LogP contribution is 2.21. The van der Waals surface area contributed by atoms with E-state index in [1.807, 2.05) is 0 Å². The Hall–Kier alpha value is -0.353. The van der Waals surface area contributed by atoms with Crippen molar-refractivity contribution in [1.82, 2.24) is 0 Å². The van der Waals surface area contributed by atoms with Crippen LogP contribution in [0.5, 0.6) is 0 Å². The van der Waals surface area contributed by atoms with Crippen LogP contribution in [0.4, 0.5) is 0 Å². The lowest BCUT2D eigenvalue weighted by Crippen LogP contribution is -2.46. The molecule has 0 aliphatic rings. The van der Waals surface area contributed by atoms with Gasteiger partial charge in [0.05, 0.1) is 12.7 Å². The van der Waals surface area contributed by atoms with Crippen LogP contribution >= 0.6 is 12.6 Å². The molecular weight excluding hydrogens is 290 g/mol. The van der Waals surface area contributed by atoms with Gasteiger partial charge >= 0.3 is 0 Å². The molecule has 0 saturated heterocycles. The van der Waals surface area contributed by atoms with Crippen LogP contribution in [0.2, 0.25) is 0 Å². The fourth-order valence-electron chi connectivity index (χ4n) is 1.79.